The molecule has 1 nitrogen and oxygen atoms in total. The van der Waals surface area contributed by atoms with Crippen LogP contribution in [-0.4, -0.2) is 82.6 Å². The molecule has 2 N–H and O–H groups in total. The first-order chi connectivity index (χ1) is 0. The van der Waals surface area contributed by atoms with Crippen molar-refractivity contribution in [3.05, 3.63) is 0 Å². The van der Waals surface area contributed by atoms with E-state index in [1.165, 1.54) is 0 Å². The molecule has 2 radical (unpaired) electrons. The Balaban J connectivity index is 0. The number of hydrogen-bond donors (Lipinski definition) is 0. The maximum atomic E-state index is 0. The Morgan fingerprint density at radius 3 is 1.00 bits per heavy atom. The fourth-order valence-electron chi connectivity index (χ4n) is 0. The van der Waals surface area contributed by atoms with Crippen LogP contribution in [0, 0.1) is 0 Å². The van der Waals surface area contributed by atoms with Gasteiger partial charge in [-0.3, -0.25) is 0 Å². The SMILES string of the molecule is O.[BiH3].[PbH2].[TeH2]. The van der Waals surface area contributed by atoms with Gasteiger partial charge >= 0.3 is 77.2 Å². The molecule has 0 saturated heterocycles. The molecule has 0 aromatic rings. The van der Waals surface area contributed by atoms with Gasteiger partial charge in [-0.15, -0.1) is 0 Å². The van der Waals surface area contributed by atoms with Gasteiger partial charge in [-0.1, -0.05) is 0 Å². The van der Waals surface area contributed by atoms with E-state index in [4.69, 9.17) is 0 Å². The molecular formula is H9BiOPbTe. The molecule has 0 aliphatic heterocycles. The van der Waals surface area contributed by atoms with Gasteiger partial charge in [-0.2, -0.15) is 0 Å². The molecule has 0 aliphatic carbocycles. The summed E-state index contributed by atoms with van der Waals surface area (Å²) in [7, 11) is 0. The van der Waals surface area contributed by atoms with Crippen molar-refractivity contribution in [1.29, 1.82) is 0 Å². The molecular weight excluding hydrogens is 560 g/mol. The minimum absolute atomic E-state index is 0. The predicted molar refractivity (Wildman–Crippen MR) is 30.6 cm³/mol. The molecule has 0 atom stereocenters. The minimum atomic E-state index is 0. The Kier molecular flexibility index (Phi) is 137. The van der Waals surface area contributed by atoms with E-state index >= 15 is 0 Å². The van der Waals surface area contributed by atoms with Crippen LogP contribution in [0.25, 0.3) is 0 Å². The topological polar surface area (TPSA) is 31.5 Å². The molecule has 0 rings (SSSR count). The Labute approximate surface area is 81.2 Å². The summed E-state index contributed by atoms with van der Waals surface area (Å²) >= 11 is 0. The van der Waals surface area contributed by atoms with Crippen LogP contribution < -0.4 is 0 Å². The van der Waals surface area contributed by atoms with Gasteiger partial charge in [0.25, 0.3) is 0 Å². The quantitative estimate of drug-likeness (QED) is 0.268. The summed E-state index contributed by atoms with van der Waals surface area (Å²) in [5, 5.41) is 0. The van der Waals surface area contributed by atoms with Crippen molar-refractivity contribution in [2.24, 2.45) is 0 Å². The third-order valence-electron chi connectivity index (χ3n) is 0. The van der Waals surface area contributed by atoms with Crippen molar-refractivity contribution in [2.45, 2.75) is 0 Å². The molecule has 0 unspecified atom stereocenters. The Morgan fingerprint density at radius 1 is 1.00 bits per heavy atom. The van der Waals surface area contributed by atoms with E-state index in [-0.39, 0.29) is 82.6 Å². The van der Waals surface area contributed by atoms with Crippen LogP contribution in [0.3, 0.4) is 0 Å². The van der Waals surface area contributed by atoms with Gasteiger partial charge in [-0.05, 0) is 0 Å². The zero-order chi connectivity index (χ0) is 0. The summed E-state index contributed by atoms with van der Waals surface area (Å²) < 4.78 is 0. The van der Waals surface area contributed by atoms with E-state index in [0.29, 0.717) is 0 Å². The first-order valence-electron chi connectivity index (χ1n) is 0. The van der Waals surface area contributed by atoms with Crippen molar-refractivity contribution in [3.8, 4) is 0 Å². The van der Waals surface area contributed by atoms with Crippen molar-refractivity contribution >= 4 is 77.2 Å². The van der Waals surface area contributed by atoms with Gasteiger partial charge in [0.2, 0.25) is 0 Å². The molecule has 0 heterocycles. The molecule has 0 aliphatic rings. The number of hydrogen-bond acceptors (Lipinski definition) is 0. The van der Waals surface area contributed by atoms with Crippen molar-refractivity contribution in [2.75, 3.05) is 0 Å². The van der Waals surface area contributed by atoms with Crippen LogP contribution in [0.15, 0.2) is 0 Å². The first kappa shape index (κ1) is 31.0. The van der Waals surface area contributed by atoms with Crippen LogP contribution in [-0.2, 0) is 0 Å². The van der Waals surface area contributed by atoms with E-state index in [1.54, 1.807) is 0 Å². The van der Waals surface area contributed by atoms with E-state index < -0.39 is 0 Å². The van der Waals surface area contributed by atoms with Crippen molar-refractivity contribution in [3.63, 3.8) is 0 Å². The van der Waals surface area contributed by atoms with Gasteiger partial charge in [0.1, 0.15) is 0 Å². The second-order valence-electron chi connectivity index (χ2n) is 0. The Hall–Kier alpha value is 2.55. The zero-order valence-electron chi connectivity index (χ0n) is 2.41. The monoisotopic (exact) mass is 572 g/mol. The van der Waals surface area contributed by atoms with Crippen molar-refractivity contribution in [1.82, 2.24) is 0 Å². The van der Waals surface area contributed by atoms with Crippen LogP contribution in [0.4, 0.5) is 0 Å². The summed E-state index contributed by atoms with van der Waals surface area (Å²) in [6, 6.07) is 0. The second-order valence-corrected chi connectivity index (χ2v) is 0. The molecule has 0 aromatic heterocycles. The molecule has 30 valence electrons. The maximum absolute atomic E-state index is 0. The summed E-state index contributed by atoms with van der Waals surface area (Å²) in [5.41, 5.74) is 0. The van der Waals surface area contributed by atoms with Gasteiger partial charge in [0.15, 0.2) is 0 Å². The van der Waals surface area contributed by atoms with Gasteiger partial charge in [0.05, 0.1) is 0 Å². The Bertz CT molecular complexity index is 8.00. The zero-order valence-corrected chi connectivity index (χ0v) is 16.3. The first-order valence-corrected chi connectivity index (χ1v) is 0. The molecule has 0 saturated carbocycles. The Morgan fingerprint density at radius 2 is 1.00 bits per heavy atom. The fraction of sp³-hybridized carbons (Fsp3) is 0. The van der Waals surface area contributed by atoms with Crippen LogP contribution in [0.1, 0.15) is 0 Å². The fourth-order valence-corrected chi connectivity index (χ4v) is 0. The van der Waals surface area contributed by atoms with E-state index in [2.05, 4.69) is 0 Å². The third kappa shape index (κ3) is 8.82. The third-order valence-corrected chi connectivity index (χ3v) is 0. The number of rotatable bonds is 0. The van der Waals surface area contributed by atoms with E-state index in [1.807, 2.05) is 0 Å². The molecule has 0 aromatic carbocycles. The van der Waals surface area contributed by atoms with E-state index in [9.17, 15) is 0 Å². The molecule has 0 spiro atoms. The molecule has 0 bridgehead atoms. The normalized spacial score (nSPS) is 0. The summed E-state index contributed by atoms with van der Waals surface area (Å²) in [6.45, 7) is 0. The summed E-state index contributed by atoms with van der Waals surface area (Å²) in [4.78, 5) is 0. The average Bonchev–Trinajstić information content (AvgIpc) is 0. The van der Waals surface area contributed by atoms with Gasteiger partial charge < -0.3 is 5.48 Å². The molecule has 4 heteroatoms. The van der Waals surface area contributed by atoms with Gasteiger partial charge in [-0.25, -0.2) is 0 Å². The van der Waals surface area contributed by atoms with Gasteiger partial charge in [0, 0.05) is 0 Å². The standard InChI is InChI=1S/Bi.H2O.Pb.H2Te.5H/h;1H2;;1H2;;;;;. The molecule has 4 heavy (non-hydrogen) atoms. The van der Waals surface area contributed by atoms with Crippen LogP contribution in [0.5, 0.6) is 0 Å². The predicted octanol–water partition coefficient (Wildman–Crippen LogP) is -3.84. The summed E-state index contributed by atoms with van der Waals surface area (Å²) in [5.74, 6) is 0. The van der Waals surface area contributed by atoms with E-state index in [0.717, 1.165) is 0 Å². The average molecular weight is 569 g/mol. The van der Waals surface area contributed by atoms with Crippen molar-refractivity contribution < 1.29 is 5.48 Å². The van der Waals surface area contributed by atoms with Crippen LogP contribution >= 0.6 is 0 Å². The summed E-state index contributed by atoms with van der Waals surface area (Å²) in [6.07, 6.45) is 0. The second kappa shape index (κ2) is 17.7. The molecule has 0 fully saturated rings. The van der Waals surface area contributed by atoms with Crippen LogP contribution in [0.2, 0.25) is 0 Å². The molecule has 0 amide bonds.